The minimum Gasteiger partial charge on any atom is -0.390 e. The molecule has 72 valence electrons. The number of pyridine rings is 1. The van der Waals surface area contributed by atoms with Gasteiger partial charge in [-0.2, -0.15) is 0 Å². The molecule has 0 atom stereocenters. The van der Waals surface area contributed by atoms with Crippen LogP contribution < -0.4 is 0 Å². The molecule has 0 aliphatic carbocycles. The fraction of sp³-hybridized carbons (Fsp3) is 0.545. The van der Waals surface area contributed by atoms with Crippen LogP contribution in [0.3, 0.4) is 0 Å². The van der Waals surface area contributed by atoms with Gasteiger partial charge >= 0.3 is 0 Å². The first-order valence-electron chi connectivity index (χ1n) is 4.69. The molecule has 1 N–H and O–H groups in total. The molecule has 0 saturated heterocycles. The maximum Gasteiger partial charge on any atom is 0.0853 e. The van der Waals surface area contributed by atoms with E-state index in [4.69, 9.17) is 5.11 Å². The van der Waals surface area contributed by atoms with E-state index in [2.05, 4.69) is 24.9 Å². The van der Waals surface area contributed by atoms with Crippen molar-refractivity contribution < 1.29 is 5.11 Å². The number of aryl methyl sites for hydroxylation is 1. The molecule has 0 amide bonds. The van der Waals surface area contributed by atoms with E-state index in [1.165, 1.54) is 5.56 Å². The number of aliphatic hydroxyl groups excluding tert-OH is 1. The predicted octanol–water partition coefficient (Wildman–Crippen LogP) is 2.08. The zero-order valence-electron chi connectivity index (χ0n) is 8.54. The molecule has 1 aromatic heterocycles. The third-order valence-electron chi connectivity index (χ3n) is 1.86. The number of hydrogen-bond donors (Lipinski definition) is 1. The van der Waals surface area contributed by atoms with E-state index >= 15 is 0 Å². The highest BCUT2D eigenvalue weighted by molar-refractivity contribution is 5.20. The average molecular weight is 179 g/mol. The zero-order chi connectivity index (χ0) is 9.84. The van der Waals surface area contributed by atoms with Crippen LogP contribution in [0.15, 0.2) is 12.1 Å². The Balaban J connectivity index is 2.88. The lowest BCUT2D eigenvalue weighted by atomic mass is 10.1. The molecule has 1 aromatic rings. The SMILES string of the molecule is Cc1cc(CO)nc(CC(C)C)c1. The summed E-state index contributed by atoms with van der Waals surface area (Å²) in [6.45, 7) is 6.41. The number of aliphatic hydroxyl groups is 1. The van der Waals surface area contributed by atoms with E-state index in [1.807, 2.05) is 13.0 Å². The van der Waals surface area contributed by atoms with Gasteiger partial charge in [0.2, 0.25) is 0 Å². The van der Waals surface area contributed by atoms with E-state index in [1.54, 1.807) is 0 Å². The molecule has 2 heteroatoms. The highest BCUT2D eigenvalue weighted by atomic mass is 16.3. The van der Waals surface area contributed by atoms with Crippen molar-refractivity contribution in [3.8, 4) is 0 Å². The number of nitrogens with zero attached hydrogens (tertiary/aromatic N) is 1. The molecule has 0 aromatic carbocycles. The molecule has 0 bridgehead atoms. The van der Waals surface area contributed by atoms with Gasteiger partial charge in [0.15, 0.2) is 0 Å². The van der Waals surface area contributed by atoms with Gasteiger partial charge in [0.05, 0.1) is 12.3 Å². The van der Waals surface area contributed by atoms with Crippen LogP contribution in [-0.2, 0) is 13.0 Å². The largest absolute Gasteiger partial charge is 0.390 e. The minimum absolute atomic E-state index is 0.0345. The van der Waals surface area contributed by atoms with Crippen LogP contribution in [0.25, 0.3) is 0 Å². The van der Waals surface area contributed by atoms with Crippen LogP contribution in [0.2, 0.25) is 0 Å². The standard InChI is InChI=1S/C11H17NO/c1-8(2)4-10-5-9(3)6-11(7-13)12-10/h5-6,8,13H,4,7H2,1-3H3. The molecule has 0 saturated carbocycles. The fourth-order valence-corrected chi connectivity index (χ4v) is 1.42. The third-order valence-corrected chi connectivity index (χ3v) is 1.86. The molecule has 1 heterocycles. The van der Waals surface area contributed by atoms with Crippen molar-refractivity contribution in [2.45, 2.75) is 33.8 Å². The molecule has 0 unspecified atom stereocenters. The molecule has 0 fully saturated rings. The van der Waals surface area contributed by atoms with Crippen molar-refractivity contribution in [1.82, 2.24) is 4.98 Å². The predicted molar refractivity (Wildman–Crippen MR) is 53.4 cm³/mol. The summed E-state index contributed by atoms with van der Waals surface area (Å²) in [5.41, 5.74) is 3.03. The summed E-state index contributed by atoms with van der Waals surface area (Å²) < 4.78 is 0. The van der Waals surface area contributed by atoms with Gasteiger partial charge in [0.25, 0.3) is 0 Å². The first-order chi connectivity index (χ1) is 6.11. The van der Waals surface area contributed by atoms with E-state index in [0.717, 1.165) is 17.8 Å². The van der Waals surface area contributed by atoms with Gasteiger partial charge < -0.3 is 5.11 Å². The van der Waals surface area contributed by atoms with E-state index in [0.29, 0.717) is 5.92 Å². The first kappa shape index (κ1) is 10.2. The van der Waals surface area contributed by atoms with Gasteiger partial charge in [-0.1, -0.05) is 13.8 Å². The molecule has 0 spiro atoms. The van der Waals surface area contributed by atoms with Crippen molar-refractivity contribution >= 4 is 0 Å². The van der Waals surface area contributed by atoms with Crippen molar-refractivity contribution in [2.75, 3.05) is 0 Å². The molecule has 13 heavy (non-hydrogen) atoms. The summed E-state index contributed by atoms with van der Waals surface area (Å²) in [6, 6.07) is 4.00. The summed E-state index contributed by atoms with van der Waals surface area (Å²) >= 11 is 0. The van der Waals surface area contributed by atoms with Crippen LogP contribution in [0, 0.1) is 12.8 Å². The highest BCUT2D eigenvalue weighted by Gasteiger charge is 2.02. The lowest BCUT2D eigenvalue weighted by Crippen LogP contribution is -2.01. The van der Waals surface area contributed by atoms with Crippen LogP contribution in [0.4, 0.5) is 0 Å². The maximum atomic E-state index is 8.96. The van der Waals surface area contributed by atoms with Crippen molar-refractivity contribution in [3.63, 3.8) is 0 Å². The maximum absolute atomic E-state index is 8.96. The van der Waals surface area contributed by atoms with Gasteiger partial charge in [-0.15, -0.1) is 0 Å². The number of rotatable bonds is 3. The molecule has 2 nitrogen and oxygen atoms in total. The molecular formula is C11H17NO. The van der Waals surface area contributed by atoms with E-state index in [-0.39, 0.29) is 6.61 Å². The second-order valence-electron chi connectivity index (χ2n) is 3.88. The van der Waals surface area contributed by atoms with Gasteiger partial charge in [0, 0.05) is 5.69 Å². The second kappa shape index (κ2) is 4.38. The normalized spacial score (nSPS) is 10.8. The average Bonchev–Trinajstić information content (AvgIpc) is 2.01. The Morgan fingerprint density at radius 3 is 2.46 bits per heavy atom. The summed E-state index contributed by atoms with van der Waals surface area (Å²) in [6.07, 6.45) is 0.981. The van der Waals surface area contributed by atoms with Gasteiger partial charge in [-0.3, -0.25) is 4.98 Å². The first-order valence-corrected chi connectivity index (χ1v) is 4.69. The quantitative estimate of drug-likeness (QED) is 0.770. The van der Waals surface area contributed by atoms with E-state index in [9.17, 15) is 0 Å². The van der Waals surface area contributed by atoms with Crippen LogP contribution in [0.1, 0.15) is 30.8 Å². The van der Waals surface area contributed by atoms with Crippen molar-refractivity contribution in [1.29, 1.82) is 0 Å². The topological polar surface area (TPSA) is 33.1 Å². The summed E-state index contributed by atoms with van der Waals surface area (Å²) in [5.74, 6) is 0.612. The molecular weight excluding hydrogens is 162 g/mol. The summed E-state index contributed by atoms with van der Waals surface area (Å²) in [5, 5.41) is 8.96. The van der Waals surface area contributed by atoms with Crippen LogP contribution in [0.5, 0.6) is 0 Å². The Kier molecular flexibility index (Phi) is 3.43. The molecule has 0 aliphatic heterocycles. The molecule has 0 aliphatic rings. The second-order valence-corrected chi connectivity index (χ2v) is 3.88. The van der Waals surface area contributed by atoms with Crippen LogP contribution in [-0.4, -0.2) is 10.1 Å². The summed E-state index contributed by atoms with van der Waals surface area (Å²) in [7, 11) is 0. The van der Waals surface area contributed by atoms with Gasteiger partial charge in [-0.05, 0) is 37.0 Å². The molecule has 1 rings (SSSR count). The van der Waals surface area contributed by atoms with Gasteiger partial charge in [-0.25, -0.2) is 0 Å². The Morgan fingerprint density at radius 1 is 1.31 bits per heavy atom. The van der Waals surface area contributed by atoms with Crippen LogP contribution >= 0.6 is 0 Å². The number of aromatic nitrogens is 1. The van der Waals surface area contributed by atoms with Crippen molar-refractivity contribution in [2.24, 2.45) is 5.92 Å². The third kappa shape index (κ3) is 3.15. The monoisotopic (exact) mass is 179 g/mol. The lowest BCUT2D eigenvalue weighted by molar-refractivity contribution is 0.276. The Morgan fingerprint density at radius 2 is 1.92 bits per heavy atom. The lowest BCUT2D eigenvalue weighted by Gasteiger charge is -2.06. The van der Waals surface area contributed by atoms with Crippen molar-refractivity contribution in [3.05, 3.63) is 29.1 Å². The minimum atomic E-state index is 0.0345. The summed E-state index contributed by atoms with van der Waals surface area (Å²) in [4.78, 5) is 4.34. The van der Waals surface area contributed by atoms with Gasteiger partial charge in [0.1, 0.15) is 0 Å². The Labute approximate surface area is 79.6 Å². The Hall–Kier alpha value is -0.890. The smallest absolute Gasteiger partial charge is 0.0853 e. The molecule has 0 radical (unpaired) electrons. The number of hydrogen-bond acceptors (Lipinski definition) is 2. The Bertz CT molecular complexity index is 281. The zero-order valence-corrected chi connectivity index (χ0v) is 8.54. The van der Waals surface area contributed by atoms with E-state index < -0.39 is 0 Å². The highest BCUT2D eigenvalue weighted by Crippen LogP contribution is 2.09. The fourth-order valence-electron chi connectivity index (χ4n) is 1.42.